The highest BCUT2D eigenvalue weighted by atomic mass is 127. The van der Waals surface area contributed by atoms with Gasteiger partial charge in [0.1, 0.15) is 17.5 Å². The second-order valence-corrected chi connectivity index (χ2v) is 5.85. The van der Waals surface area contributed by atoms with Crippen molar-refractivity contribution in [2.75, 3.05) is 0 Å². The highest BCUT2D eigenvalue weighted by molar-refractivity contribution is 14.0. The summed E-state index contributed by atoms with van der Waals surface area (Å²) in [6.45, 7) is 5.09. The number of rotatable bonds is 5. The van der Waals surface area contributed by atoms with Crippen LogP contribution in [0.2, 0.25) is 0 Å². The largest absolute Gasteiger partial charge is 0.480 e. The number of amides is 1. The van der Waals surface area contributed by atoms with E-state index in [9.17, 15) is 14.7 Å². The van der Waals surface area contributed by atoms with Gasteiger partial charge in [-0.05, 0) is 26.3 Å². The number of amidine groups is 1. The second-order valence-electron chi connectivity index (χ2n) is 5.85. The van der Waals surface area contributed by atoms with Gasteiger partial charge >= 0.3 is 12.1 Å². The highest BCUT2D eigenvalue weighted by Gasteiger charge is 2.24. The number of carboxylic acids is 1. The molecule has 23 heavy (non-hydrogen) atoms. The molecule has 0 unspecified atom stereocenters. The summed E-state index contributed by atoms with van der Waals surface area (Å²) in [5, 5.41) is 18.8. The van der Waals surface area contributed by atoms with E-state index in [0.29, 0.717) is 11.1 Å². The lowest BCUT2D eigenvalue weighted by Crippen LogP contribution is -2.44. The average molecular weight is 435 g/mol. The van der Waals surface area contributed by atoms with Gasteiger partial charge in [0.05, 0.1) is 0 Å². The maximum atomic E-state index is 11.7. The first-order valence-corrected chi connectivity index (χ1v) is 6.74. The van der Waals surface area contributed by atoms with Crippen LogP contribution >= 0.6 is 24.0 Å². The molecular weight excluding hydrogens is 413 g/mol. The summed E-state index contributed by atoms with van der Waals surface area (Å²) in [6, 6.07) is 5.50. The Bertz CT molecular complexity index is 567. The maximum Gasteiger partial charge on any atom is 0.408 e. The minimum atomic E-state index is -1.15. The number of benzene rings is 1. The Labute approximate surface area is 152 Å². The number of hydrogen-bond donors (Lipinski definition) is 4. The monoisotopic (exact) mass is 435 g/mol. The summed E-state index contributed by atoms with van der Waals surface area (Å²) < 4.78 is 5.05. The van der Waals surface area contributed by atoms with Gasteiger partial charge < -0.3 is 20.9 Å². The molecule has 0 fully saturated rings. The van der Waals surface area contributed by atoms with Gasteiger partial charge in [0.15, 0.2) is 0 Å². The SMILES string of the molecule is CC(C)(C)OC(=O)N[C@@H](Cc1ccc(C(=N)N)cc1)C(=O)O.I. The van der Waals surface area contributed by atoms with E-state index in [1.165, 1.54) is 0 Å². The van der Waals surface area contributed by atoms with Gasteiger partial charge in [-0.15, -0.1) is 24.0 Å². The molecule has 7 nitrogen and oxygen atoms in total. The molecule has 8 heteroatoms. The van der Waals surface area contributed by atoms with Crippen molar-refractivity contribution < 1.29 is 19.4 Å². The van der Waals surface area contributed by atoms with Crippen LogP contribution < -0.4 is 11.1 Å². The number of nitrogens with one attached hydrogen (secondary N) is 2. The fraction of sp³-hybridized carbons (Fsp3) is 0.400. The van der Waals surface area contributed by atoms with Crippen molar-refractivity contribution in [2.45, 2.75) is 38.8 Å². The van der Waals surface area contributed by atoms with Gasteiger partial charge in [-0.25, -0.2) is 9.59 Å². The van der Waals surface area contributed by atoms with Crippen molar-refractivity contribution in [3.05, 3.63) is 35.4 Å². The molecule has 0 saturated heterocycles. The van der Waals surface area contributed by atoms with Crippen molar-refractivity contribution in [3.63, 3.8) is 0 Å². The molecule has 0 aromatic heterocycles. The third-order valence-corrected chi connectivity index (χ3v) is 2.69. The molecule has 1 amide bonds. The molecule has 5 N–H and O–H groups in total. The molecule has 1 rings (SSSR count). The van der Waals surface area contributed by atoms with Crippen LogP contribution in [-0.2, 0) is 16.0 Å². The van der Waals surface area contributed by atoms with Crippen LogP contribution in [0, 0.1) is 5.41 Å². The number of aliphatic carboxylic acids is 1. The van der Waals surface area contributed by atoms with Crippen molar-refractivity contribution >= 4 is 41.9 Å². The number of alkyl carbamates (subject to hydrolysis) is 1. The summed E-state index contributed by atoms with van der Waals surface area (Å²) in [5.41, 5.74) is 5.91. The summed E-state index contributed by atoms with van der Waals surface area (Å²) in [4.78, 5) is 22.9. The first-order valence-electron chi connectivity index (χ1n) is 6.74. The lowest BCUT2D eigenvalue weighted by atomic mass is 10.0. The van der Waals surface area contributed by atoms with Crippen LogP contribution in [0.25, 0.3) is 0 Å². The van der Waals surface area contributed by atoms with Crippen LogP contribution in [0.3, 0.4) is 0 Å². The number of carbonyl (C=O) groups excluding carboxylic acids is 1. The smallest absolute Gasteiger partial charge is 0.408 e. The number of halogens is 1. The molecule has 0 spiro atoms. The number of ether oxygens (including phenoxy) is 1. The maximum absolute atomic E-state index is 11.7. The Kier molecular flexibility index (Phi) is 8.01. The Morgan fingerprint density at radius 2 is 1.83 bits per heavy atom. The van der Waals surface area contributed by atoms with Crippen molar-refractivity contribution in [3.8, 4) is 0 Å². The summed E-state index contributed by atoms with van der Waals surface area (Å²) in [6.07, 6.45) is -0.674. The van der Waals surface area contributed by atoms with Gasteiger partial charge in [0, 0.05) is 12.0 Å². The fourth-order valence-electron chi connectivity index (χ4n) is 1.71. The van der Waals surface area contributed by atoms with E-state index >= 15 is 0 Å². The number of hydrogen-bond acceptors (Lipinski definition) is 4. The van der Waals surface area contributed by atoms with E-state index in [2.05, 4.69) is 5.32 Å². The van der Waals surface area contributed by atoms with Gasteiger partial charge in [-0.3, -0.25) is 5.41 Å². The third kappa shape index (κ3) is 7.82. The Morgan fingerprint density at radius 1 is 1.30 bits per heavy atom. The summed E-state index contributed by atoms with van der Waals surface area (Å²) >= 11 is 0. The third-order valence-electron chi connectivity index (χ3n) is 2.69. The predicted octanol–water partition coefficient (Wildman–Crippen LogP) is 2.11. The van der Waals surface area contributed by atoms with Gasteiger partial charge in [-0.1, -0.05) is 24.3 Å². The molecule has 0 radical (unpaired) electrons. The molecule has 1 aromatic carbocycles. The van der Waals surface area contributed by atoms with E-state index in [-0.39, 0.29) is 36.2 Å². The number of nitrogen functional groups attached to an aromatic ring is 1. The first-order chi connectivity index (χ1) is 10.1. The van der Waals surface area contributed by atoms with Crippen molar-refractivity contribution in [1.29, 1.82) is 5.41 Å². The molecule has 0 heterocycles. The molecule has 128 valence electrons. The van der Waals surface area contributed by atoms with Gasteiger partial charge in [0.25, 0.3) is 0 Å². The Morgan fingerprint density at radius 3 is 2.22 bits per heavy atom. The zero-order valence-corrected chi connectivity index (χ0v) is 15.6. The van der Waals surface area contributed by atoms with E-state index in [0.717, 1.165) is 0 Å². The molecule has 0 aliphatic carbocycles. The Balaban J connectivity index is 0.00000484. The van der Waals surface area contributed by atoms with Crippen LogP contribution in [-0.4, -0.2) is 34.6 Å². The van der Waals surface area contributed by atoms with Crippen LogP contribution in [0.1, 0.15) is 31.9 Å². The number of carboxylic acid groups (broad SMARTS) is 1. The van der Waals surface area contributed by atoms with Gasteiger partial charge in [0.2, 0.25) is 0 Å². The minimum absolute atomic E-state index is 0. The molecule has 1 atom stereocenters. The standard InChI is InChI=1S/C15H21N3O4.HI/c1-15(2,3)22-14(21)18-11(13(19)20)8-9-4-6-10(7-5-9)12(16)17;/h4-7,11H,8H2,1-3H3,(H3,16,17)(H,18,21)(H,19,20);1H/t11-;/m0./s1. The zero-order chi connectivity index (χ0) is 16.9. The highest BCUT2D eigenvalue weighted by Crippen LogP contribution is 2.09. The summed E-state index contributed by atoms with van der Waals surface area (Å²) in [7, 11) is 0. The van der Waals surface area contributed by atoms with Crippen molar-refractivity contribution in [1.82, 2.24) is 5.32 Å². The molecule has 0 aliphatic heterocycles. The second kappa shape index (κ2) is 8.70. The van der Waals surface area contributed by atoms with E-state index in [4.69, 9.17) is 15.9 Å². The fourth-order valence-corrected chi connectivity index (χ4v) is 1.71. The number of carbonyl (C=O) groups is 2. The molecule has 1 aromatic rings. The molecule has 0 saturated carbocycles. The number of nitrogens with two attached hydrogens (primary N) is 1. The average Bonchev–Trinajstić information content (AvgIpc) is 2.36. The normalized spacial score (nSPS) is 11.8. The van der Waals surface area contributed by atoms with Gasteiger partial charge in [-0.2, -0.15) is 0 Å². The zero-order valence-electron chi connectivity index (χ0n) is 13.3. The van der Waals surface area contributed by atoms with Crippen LogP contribution in [0.5, 0.6) is 0 Å². The van der Waals surface area contributed by atoms with Crippen LogP contribution in [0.15, 0.2) is 24.3 Å². The molecule has 0 bridgehead atoms. The lowest BCUT2D eigenvalue weighted by molar-refractivity contribution is -0.139. The predicted molar refractivity (Wildman–Crippen MR) is 97.4 cm³/mol. The quantitative estimate of drug-likeness (QED) is 0.320. The summed E-state index contributed by atoms with van der Waals surface area (Å²) in [5.74, 6) is -1.21. The van der Waals surface area contributed by atoms with Crippen molar-refractivity contribution in [2.24, 2.45) is 5.73 Å². The first kappa shape index (κ1) is 21.2. The van der Waals surface area contributed by atoms with Crippen LogP contribution in [0.4, 0.5) is 4.79 Å². The topological polar surface area (TPSA) is 126 Å². The van der Waals surface area contributed by atoms with E-state index < -0.39 is 23.7 Å². The lowest BCUT2D eigenvalue weighted by Gasteiger charge is -2.22. The molecule has 0 aliphatic rings. The Hall–Kier alpha value is -1.84. The van der Waals surface area contributed by atoms with E-state index in [1.54, 1.807) is 45.0 Å². The van der Waals surface area contributed by atoms with E-state index in [1.807, 2.05) is 0 Å². The molecular formula is C15H22IN3O4. The minimum Gasteiger partial charge on any atom is -0.480 e.